The van der Waals surface area contributed by atoms with Crippen molar-refractivity contribution in [2.75, 3.05) is 6.61 Å². The molecule has 1 fully saturated rings. The number of rotatable bonds is 5. The Balaban J connectivity index is 1.73. The quantitative estimate of drug-likeness (QED) is 0.575. The number of carbonyl (C=O) groups excluding carboxylic acids is 4. The van der Waals surface area contributed by atoms with Crippen LogP contribution < -0.4 is 5.32 Å². The summed E-state index contributed by atoms with van der Waals surface area (Å²) < 4.78 is 6.11. The van der Waals surface area contributed by atoms with Crippen molar-refractivity contribution in [1.82, 2.24) is 10.2 Å². The number of nitrogens with zero attached hydrogens (tertiary/aromatic N) is 1. The normalized spacial score (nSPS) is 20.2. The second-order valence-electron chi connectivity index (χ2n) is 9.23. The first kappa shape index (κ1) is 22.1. The van der Waals surface area contributed by atoms with E-state index in [1.54, 1.807) is 18.2 Å². The lowest BCUT2D eigenvalue weighted by atomic mass is 10.0. The molecule has 1 atom stereocenters. The molecule has 0 bridgehead atoms. The number of carbonyl (C=O) groups is 4. The summed E-state index contributed by atoms with van der Waals surface area (Å²) >= 11 is 0. The summed E-state index contributed by atoms with van der Waals surface area (Å²) in [6, 6.07) is 4.08. The van der Waals surface area contributed by atoms with Gasteiger partial charge in [0.2, 0.25) is 11.8 Å². The van der Waals surface area contributed by atoms with E-state index in [2.05, 4.69) is 39.2 Å². The van der Waals surface area contributed by atoms with Gasteiger partial charge in [0.15, 0.2) is 8.32 Å². The first-order valence-electron chi connectivity index (χ1n) is 10.1. The van der Waals surface area contributed by atoms with E-state index in [0.717, 1.165) is 10.5 Å². The van der Waals surface area contributed by atoms with Gasteiger partial charge in [0.25, 0.3) is 11.8 Å². The standard InChI is InChI=1S/C22H28N2O5Si/c1-22(2,3)30(4,5)29-12-6-7-14-8-9-15-16(13-14)21(28)24(20(15)27)17-10-11-18(25)23-19(17)26/h6-9,13,17H,10-12H2,1-5H3,(H,23,25,26)/b7-6+. The van der Waals surface area contributed by atoms with Crippen LogP contribution in [0.5, 0.6) is 0 Å². The number of benzene rings is 1. The van der Waals surface area contributed by atoms with E-state index < -0.39 is 32.1 Å². The summed E-state index contributed by atoms with van der Waals surface area (Å²) in [6.07, 6.45) is 4.01. The molecule has 0 saturated carbocycles. The maximum atomic E-state index is 12.9. The largest absolute Gasteiger partial charge is 0.413 e. The molecule has 4 amide bonds. The van der Waals surface area contributed by atoms with Crippen molar-refractivity contribution in [3.63, 3.8) is 0 Å². The minimum Gasteiger partial charge on any atom is -0.413 e. The number of imide groups is 2. The average molecular weight is 429 g/mol. The summed E-state index contributed by atoms with van der Waals surface area (Å²) in [4.78, 5) is 50.0. The number of nitrogens with one attached hydrogen (secondary N) is 1. The Morgan fingerprint density at radius 3 is 2.43 bits per heavy atom. The minimum atomic E-state index is -1.84. The minimum absolute atomic E-state index is 0.103. The zero-order chi connectivity index (χ0) is 22.3. The zero-order valence-electron chi connectivity index (χ0n) is 18.1. The summed E-state index contributed by atoms with van der Waals surface area (Å²) in [5, 5.41) is 2.32. The number of amides is 4. The van der Waals surface area contributed by atoms with Crippen molar-refractivity contribution < 1.29 is 23.6 Å². The molecule has 7 nitrogen and oxygen atoms in total. The first-order valence-corrected chi connectivity index (χ1v) is 13.0. The van der Waals surface area contributed by atoms with Gasteiger partial charge < -0.3 is 4.43 Å². The van der Waals surface area contributed by atoms with E-state index in [9.17, 15) is 19.2 Å². The molecule has 30 heavy (non-hydrogen) atoms. The zero-order valence-corrected chi connectivity index (χ0v) is 19.1. The van der Waals surface area contributed by atoms with E-state index in [1.165, 1.54) is 0 Å². The lowest BCUT2D eigenvalue weighted by Gasteiger charge is -2.35. The van der Waals surface area contributed by atoms with Crippen LogP contribution in [0.1, 0.15) is 59.9 Å². The molecule has 1 aromatic carbocycles. The predicted molar refractivity (Wildman–Crippen MR) is 115 cm³/mol. The van der Waals surface area contributed by atoms with Crippen LogP contribution in [0.2, 0.25) is 18.1 Å². The van der Waals surface area contributed by atoms with Gasteiger partial charge in [-0.05, 0) is 42.2 Å². The second-order valence-corrected chi connectivity index (χ2v) is 14.0. The highest BCUT2D eigenvalue weighted by molar-refractivity contribution is 6.74. The van der Waals surface area contributed by atoms with Crippen LogP contribution in [0.25, 0.3) is 6.08 Å². The number of fused-ring (bicyclic) bond motifs is 1. The summed E-state index contributed by atoms with van der Waals surface area (Å²) in [7, 11) is -1.84. The van der Waals surface area contributed by atoms with Crippen molar-refractivity contribution in [1.29, 1.82) is 0 Å². The third-order valence-corrected chi connectivity index (χ3v) is 10.6. The predicted octanol–water partition coefficient (Wildman–Crippen LogP) is 3.12. The Hall–Kier alpha value is -2.58. The molecule has 0 aromatic heterocycles. The SMILES string of the molecule is CC(C)(C)[Si](C)(C)OC/C=C/c1ccc2c(c1)C(=O)N(C1CCC(=O)NC1=O)C2=O. The highest BCUT2D eigenvalue weighted by Crippen LogP contribution is 2.36. The van der Waals surface area contributed by atoms with Crippen molar-refractivity contribution in [2.45, 2.75) is 57.8 Å². The molecule has 2 heterocycles. The molecule has 0 spiro atoms. The summed E-state index contributed by atoms with van der Waals surface area (Å²) in [5.41, 5.74) is 1.33. The number of hydrogen-bond donors (Lipinski definition) is 1. The molecule has 1 N–H and O–H groups in total. The van der Waals surface area contributed by atoms with Crippen LogP contribution in [0, 0.1) is 0 Å². The fourth-order valence-electron chi connectivity index (χ4n) is 3.25. The molecular formula is C22H28N2O5Si. The number of hydrogen-bond acceptors (Lipinski definition) is 5. The highest BCUT2D eigenvalue weighted by Gasteiger charge is 2.44. The third kappa shape index (κ3) is 4.15. The Morgan fingerprint density at radius 2 is 1.80 bits per heavy atom. The number of piperidine rings is 1. The molecule has 160 valence electrons. The maximum Gasteiger partial charge on any atom is 0.262 e. The maximum absolute atomic E-state index is 12.9. The lowest BCUT2D eigenvalue weighted by molar-refractivity contribution is -0.136. The van der Waals surface area contributed by atoms with Crippen LogP contribution in [-0.4, -0.2) is 49.5 Å². The summed E-state index contributed by atoms with van der Waals surface area (Å²) in [5.74, 6) is -2.00. The molecule has 2 aliphatic heterocycles. The Morgan fingerprint density at radius 1 is 1.13 bits per heavy atom. The van der Waals surface area contributed by atoms with Crippen LogP contribution in [0.4, 0.5) is 0 Å². The molecule has 0 radical (unpaired) electrons. The van der Waals surface area contributed by atoms with Crippen molar-refractivity contribution in [3.05, 3.63) is 41.0 Å². The molecule has 0 aliphatic carbocycles. The van der Waals surface area contributed by atoms with E-state index in [1.807, 2.05) is 12.2 Å². The monoisotopic (exact) mass is 428 g/mol. The van der Waals surface area contributed by atoms with Gasteiger partial charge in [-0.1, -0.05) is 39.0 Å². The smallest absolute Gasteiger partial charge is 0.262 e. The highest BCUT2D eigenvalue weighted by atomic mass is 28.4. The van der Waals surface area contributed by atoms with Gasteiger partial charge in [0.1, 0.15) is 6.04 Å². The Bertz CT molecular complexity index is 945. The summed E-state index contributed by atoms with van der Waals surface area (Å²) in [6.45, 7) is 11.4. The average Bonchev–Trinajstić information content (AvgIpc) is 2.89. The van der Waals surface area contributed by atoms with Gasteiger partial charge in [-0.2, -0.15) is 0 Å². The molecule has 1 aromatic rings. The van der Waals surface area contributed by atoms with Crippen molar-refractivity contribution >= 4 is 38.0 Å². The third-order valence-electron chi connectivity index (χ3n) is 6.12. The van der Waals surface area contributed by atoms with E-state index in [4.69, 9.17) is 4.43 Å². The lowest BCUT2D eigenvalue weighted by Crippen LogP contribution is -2.54. The van der Waals surface area contributed by atoms with Crippen LogP contribution in [0.15, 0.2) is 24.3 Å². The van der Waals surface area contributed by atoms with Crippen LogP contribution in [-0.2, 0) is 14.0 Å². The molecule has 1 saturated heterocycles. The van der Waals surface area contributed by atoms with E-state index in [-0.39, 0.29) is 34.9 Å². The fourth-order valence-corrected chi connectivity index (χ4v) is 4.20. The first-order chi connectivity index (χ1) is 13.9. The van der Waals surface area contributed by atoms with Gasteiger partial charge in [0.05, 0.1) is 17.7 Å². The van der Waals surface area contributed by atoms with Gasteiger partial charge in [-0.3, -0.25) is 29.4 Å². The topological polar surface area (TPSA) is 92.8 Å². The fraction of sp³-hybridized carbons (Fsp3) is 0.455. The van der Waals surface area contributed by atoms with Crippen molar-refractivity contribution in [3.8, 4) is 0 Å². The van der Waals surface area contributed by atoms with Crippen LogP contribution >= 0.6 is 0 Å². The molecule has 2 aliphatic rings. The Kier molecular flexibility index (Phi) is 5.84. The molecular weight excluding hydrogens is 400 g/mol. The van der Waals surface area contributed by atoms with Gasteiger partial charge in [-0.25, -0.2) is 0 Å². The van der Waals surface area contributed by atoms with Gasteiger partial charge >= 0.3 is 0 Å². The molecule has 1 unspecified atom stereocenters. The van der Waals surface area contributed by atoms with Crippen molar-refractivity contribution in [2.24, 2.45) is 0 Å². The van der Waals surface area contributed by atoms with Gasteiger partial charge in [0, 0.05) is 6.42 Å². The second kappa shape index (κ2) is 7.92. The molecule has 3 rings (SSSR count). The Labute approximate surface area is 177 Å². The van der Waals surface area contributed by atoms with Crippen LogP contribution in [0.3, 0.4) is 0 Å². The van der Waals surface area contributed by atoms with Gasteiger partial charge in [-0.15, -0.1) is 0 Å². The van der Waals surface area contributed by atoms with E-state index >= 15 is 0 Å². The van der Waals surface area contributed by atoms with E-state index in [0.29, 0.717) is 6.61 Å². The molecule has 8 heteroatoms.